The summed E-state index contributed by atoms with van der Waals surface area (Å²) in [6.07, 6.45) is 4.08. The molecule has 15 heavy (non-hydrogen) atoms. The Hall–Kier alpha value is 0.270. The Kier molecular flexibility index (Phi) is 4.35. The number of hydrogen-bond acceptors (Lipinski definition) is 3. The molecule has 0 radical (unpaired) electrons. The molecule has 0 aromatic heterocycles. The van der Waals surface area contributed by atoms with Crippen LogP contribution in [0.3, 0.4) is 0 Å². The molecule has 2 nitrogen and oxygen atoms in total. The van der Waals surface area contributed by atoms with Gasteiger partial charge in [-0.05, 0) is 37.7 Å². The van der Waals surface area contributed by atoms with Crippen LogP contribution in [-0.2, 0) is 0 Å². The normalized spacial score (nSPS) is 35.6. The average molecular weight is 228 g/mol. The van der Waals surface area contributed by atoms with Gasteiger partial charge >= 0.3 is 0 Å². The summed E-state index contributed by atoms with van der Waals surface area (Å²) in [5, 5.41) is 3.64. The van der Waals surface area contributed by atoms with E-state index in [1.165, 1.54) is 43.9 Å². The highest BCUT2D eigenvalue weighted by molar-refractivity contribution is 7.99. The maximum atomic E-state index is 3.64. The summed E-state index contributed by atoms with van der Waals surface area (Å²) < 4.78 is 0. The summed E-state index contributed by atoms with van der Waals surface area (Å²) in [4.78, 5) is 2.77. The summed E-state index contributed by atoms with van der Waals surface area (Å²) in [5.74, 6) is 2.75. The highest BCUT2D eigenvalue weighted by Crippen LogP contribution is 2.24. The molecular formula is C12H24N2S. The SMILES string of the molecule is CCC1CN(C2CCSCC2)C(C)CN1. The Balaban J connectivity index is 1.92. The van der Waals surface area contributed by atoms with Crippen molar-refractivity contribution in [2.75, 3.05) is 24.6 Å². The molecule has 88 valence electrons. The minimum atomic E-state index is 0.732. The lowest BCUT2D eigenvalue weighted by Gasteiger charge is -2.44. The molecule has 2 atom stereocenters. The van der Waals surface area contributed by atoms with E-state index in [0.29, 0.717) is 0 Å². The van der Waals surface area contributed by atoms with Gasteiger partial charge in [0.05, 0.1) is 0 Å². The van der Waals surface area contributed by atoms with Gasteiger partial charge in [0.25, 0.3) is 0 Å². The predicted molar refractivity (Wildman–Crippen MR) is 68.6 cm³/mol. The topological polar surface area (TPSA) is 15.3 Å². The first kappa shape index (κ1) is 11.7. The Bertz CT molecular complexity index is 192. The van der Waals surface area contributed by atoms with E-state index in [2.05, 4.69) is 35.8 Å². The maximum absolute atomic E-state index is 3.64. The van der Waals surface area contributed by atoms with Gasteiger partial charge in [-0.25, -0.2) is 0 Å². The molecule has 1 N–H and O–H groups in total. The van der Waals surface area contributed by atoms with Gasteiger partial charge in [-0.15, -0.1) is 0 Å². The second-order valence-electron chi connectivity index (χ2n) is 4.90. The summed E-state index contributed by atoms with van der Waals surface area (Å²) in [6.45, 7) is 7.12. The third-order valence-electron chi connectivity index (χ3n) is 3.85. The van der Waals surface area contributed by atoms with Crippen molar-refractivity contribution < 1.29 is 0 Å². The first-order valence-corrected chi connectivity index (χ1v) is 7.53. The molecule has 2 aliphatic rings. The Morgan fingerprint density at radius 1 is 1.33 bits per heavy atom. The van der Waals surface area contributed by atoms with Crippen LogP contribution in [0, 0.1) is 0 Å². The molecule has 0 aromatic carbocycles. The molecule has 0 bridgehead atoms. The highest BCUT2D eigenvalue weighted by Gasteiger charge is 2.30. The van der Waals surface area contributed by atoms with E-state index in [-0.39, 0.29) is 0 Å². The molecule has 0 aliphatic carbocycles. The standard InChI is InChI=1S/C12H24N2S/c1-3-11-9-14(10(2)8-13-11)12-4-6-15-7-5-12/h10-13H,3-9H2,1-2H3. The third kappa shape index (κ3) is 2.89. The number of nitrogens with one attached hydrogen (secondary N) is 1. The monoisotopic (exact) mass is 228 g/mol. The van der Waals surface area contributed by atoms with Crippen molar-refractivity contribution in [1.29, 1.82) is 0 Å². The van der Waals surface area contributed by atoms with E-state index in [4.69, 9.17) is 0 Å². The number of nitrogens with zero attached hydrogens (tertiary/aromatic N) is 1. The number of hydrogen-bond donors (Lipinski definition) is 1. The highest BCUT2D eigenvalue weighted by atomic mass is 32.2. The van der Waals surface area contributed by atoms with Gasteiger partial charge in [0, 0.05) is 31.2 Å². The molecule has 2 unspecified atom stereocenters. The zero-order valence-electron chi connectivity index (χ0n) is 10.0. The molecule has 0 spiro atoms. The molecule has 0 amide bonds. The van der Waals surface area contributed by atoms with Crippen molar-refractivity contribution in [3.63, 3.8) is 0 Å². The summed E-state index contributed by atoms with van der Waals surface area (Å²) in [5.41, 5.74) is 0. The smallest absolute Gasteiger partial charge is 0.0196 e. The number of rotatable bonds is 2. The van der Waals surface area contributed by atoms with E-state index >= 15 is 0 Å². The minimum Gasteiger partial charge on any atom is -0.311 e. The second kappa shape index (κ2) is 5.55. The van der Waals surface area contributed by atoms with Gasteiger partial charge in [0.1, 0.15) is 0 Å². The van der Waals surface area contributed by atoms with Crippen LogP contribution in [0.25, 0.3) is 0 Å². The van der Waals surface area contributed by atoms with E-state index in [0.717, 1.165) is 18.1 Å². The van der Waals surface area contributed by atoms with Crippen LogP contribution in [0.5, 0.6) is 0 Å². The van der Waals surface area contributed by atoms with Crippen molar-refractivity contribution in [2.45, 2.75) is 51.2 Å². The lowest BCUT2D eigenvalue weighted by atomic mass is 10.0. The first-order valence-electron chi connectivity index (χ1n) is 6.38. The van der Waals surface area contributed by atoms with Crippen molar-refractivity contribution in [1.82, 2.24) is 10.2 Å². The van der Waals surface area contributed by atoms with E-state index in [1.54, 1.807) is 0 Å². The molecular weight excluding hydrogens is 204 g/mol. The number of piperazine rings is 1. The van der Waals surface area contributed by atoms with Crippen molar-refractivity contribution in [3.05, 3.63) is 0 Å². The predicted octanol–water partition coefficient (Wildman–Crippen LogP) is 1.95. The van der Waals surface area contributed by atoms with E-state index in [9.17, 15) is 0 Å². The van der Waals surface area contributed by atoms with E-state index in [1.807, 2.05) is 0 Å². The Labute approximate surface area is 98.2 Å². The summed E-state index contributed by atoms with van der Waals surface area (Å²) in [7, 11) is 0. The van der Waals surface area contributed by atoms with Crippen LogP contribution in [0.2, 0.25) is 0 Å². The van der Waals surface area contributed by atoms with Crippen LogP contribution in [0.15, 0.2) is 0 Å². The van der Waals surface area contributed by atoms with Gasteiger partial charge < -0.3 is 5.32 Å². The molecule has 0 aromatic rings. The van der Waals surface area contributed by atoms with Gasteiger partial charge in [-0.2, -0.15) is 11.8 Å². The third-order valence-corrected chi connectivity index (χ3v) is 4.90. The van der Waals surface area contributed by atoms with Crippen LogP contribution >= 0.6 is 11.8 Å². The number of thioether (sulfide) groups is 1. The fourth-order valence-electron chi connectivity index (χ4n) is 2.75. The van der Waals surface area contributed by atoms with Gasteiger partial charge in [0.2, 0.25) is 0 Å². The summed E-state index contributed by atoms with van der Waals surface area (Å²) in [6, 6.07) is 2.34. The maximum Gasteiger partial charge on any atom is 0.0196 e. The molecule has 3 heteroatoms. The lowest BCUT2D eigenvalue weighted by molar-refractivity contribution is 0.0846. The fourth-order valence-corrected chi connectivity index (χ4v) is 3.83. The fraction of sp³-hybridized carbons (Fsp3) is 1.00. The van der Waals surface area contributed by atoms with Crippen LogP contribution in [-0.4, -0.2) is 47.6 Å². The molecule has 2 aliphatic heterocycles. The van der Waals surface area contributed by atoms with Crippen molar-refractivity contribution >= 4 is 11.8 Å². The lowest BCUT2D eigenvalue weighted by Crippen LogP contribution is -2.58. The molecule has 2 rings (SSSR count). The summed E-state index contributed by atoms with van der Waals surface area (Å²) >= 11 is 2.13. The largest absolute Gasteiger partial charge is 0.311 e. The van der Waals surface area contributed by atoms with Crippen molar-refractivity contribution in [3.8, 4) is 0 Å². The van der Waals surface area contributed by atoms with Crippen LogP contribution < -0.4 is 5.32 Å². The van der Waals surface area contributed by atoms with Crippen molar-refractivity contribution in [2.24, 2.45) is 0 Å². The van der Waals surface area contributed by atoms with Gasteiger partial charge in [-0.1, -0.05) is 6.92 Å². The second-order valence-corrected chi connectivity index (χ2v) is 6.13. The zero-order chi connectivity index (χ0) is 10.7. The van der Waals surface area contributed by atoms with E-state index < -0.39 is 0 Å². The first-order chi connectivity index (χ1) is 7.31. The quantitative estimate of drug-likeness (QED) is 0.778. The molecule has 2 saturated heterocycles. The Morgan fingerprint density at radius 3 is 2.73 bits per heavy atom. The zero-order valence-corrected chi connectivity index (χ0v) is 10.9. The molecule has 2 heterocycles. The average Bonchev–Trinajstić information content (AvgIpc) is 2.31. The van der Waals surface area contributed by atoms with Gasteiger partial charge in [0.15, 0.2) is 0 Å². The molecule has 2 fully saturated rings. The van der Waals surface area contributed by atoms with Crippen LogP contribution in [0.1, 0.15) is 33.1 Å². The Morgan fingerprint density at radius 2 is 2.07 bits per heavy atom. The van der Waals surface area contributed by atoms with Gasteiger partial charge in [-0.3, -0.25) is 4.90 Å². The van der Waals surface area contributed by atoms with Crippen LogP contribution in [0.4, 0.5) is 0 Å². The molecule has 0 saturated carbocycles. The minimum absolute atomic E-state index is 0.732.